The molecular weight excluding hydrogens is 997 g/mol. The van der Waals surface area contributed by atoms with Crippen molar-refractivity contribution in [3.8, 4) is 0 Å². The lowest BCUT2D eigenvalue weighted by Crippen LogP contribution is -2.30. The second-order valence-corrected chi connectivity index (χ2v) is 23.4. The summed E-state index contributed by atoms with van der Waals surface area (Å²) < 4.78 is 17.0. The summed E-state index contributed by atoms with van der Waals surface area (Å²) in [6.45, 7) is 6.46. The highest BCUT2D eigenvalue weighted by atomic mass is 16.6. The van der Waals surface area contributed by atoms with Crippen LogP contribution in [0.1, 0.15) is 355 Å². The number of esters is 3. The van der Waals surface area contributed by atoms with Crippen molar-refractivity contribution in [2.45, 2.75) is 361 Å². The van der Waals surface area contributed by atoms with E-state index < -0.39 is 6.10 Å². The molecule has 1 unspecified atom stereocenters. The lowest BCUT2D eigenvalue weighted by atomic mass is 10.0. The van der Waals surface area contributed by atoms with Gasteiger partial charge in [0.05, 0.1) is 0 Å². The third-order valence-corrected chi connectivity index (χ3v) is 15.4. The zero-order valence-corrected chi connectivity index (χ0v) is 53.8. The molecule has 0 spiro atoms. The molecule has 0 heterocycles. The smallest absolute Gasteiger partial charge is 0.306 e. The number of hydrogen-bond donors (Lipinski definition) is 0. The molecule has 0 fully saturated rings. The summed E-state index contributed by atoms with van der Waals surface area (Å²) in [5.74, 6) is -0.879. The standard InChI is InChI=1S/C75H132O6/c1-4-7-10-13-16-19-22-25-28-30-32-34-36-37-39-40-42-44-47-50-53-56-59-62-65-68-74(77)80-71-72(70-79-73(76)67-64-61-58-55-52-49-46-27-24-21-18-15-12-9-6-3)81-75(78)69-66-63-60-57-54-51-48-45-43-41-38-35-33-31-29-26-23-20-17-14-11-8-5-2/h7,9-10,12,16,18-19,21,25,27-28,32,34,46,72H,4-6,8,11,13-15,17,20,22-24,26,29-31,33,35-45,47-71H2,1-3H3/b10-7-,12-9-,19-16-,21-18-,28-25-,34-32-,46-27-. The molecule has 0 N–H and O–H groups in total. The maximum atomic E-state index is 13.0. The van der Waals surface area contributed by atoms with Crippen molar-refractivity contribution in [2.75, 3.05) is 13.2 Å². The summed E-state index contributed by atoms with van der Waals surface area (Å²) in [5.41, 5.74) is 0. The molecule has 0 aliphatic heterocycles. The molecule has 0 saturated heterocycles. The van der Waals surface area contributed by atoms with Gasteiger partial charge in [0.1, 0.15) is 13.2 Å². The van der Waals surface area contributed by atoms with Crippen LogP contribution in [-0.4, -0.2) is 37.2 Å². The molecule has 0 amide bonds. The fourth-order valence-corrected chi connectivity index (χ4v) is 10.2. The molecule has 6 heteroatoms. The van der Waals surface area contributed by atoms with Crippen LogP contribution in [0, 0.1) is 0 Å². The summed E-state index contributed by atoms with van der Waals surface area (Å²) >= 11 is 0. The van der Waals surface area contributed by atoms with Crippen LogP contribution in [0.2, 0.25) is 0 Å². The van der Waals surface area contributed by atoms with Gasteiger partial charge in [-0.3, -0.25) is 14.4 Å². The number of carbonyl (C=O) groups is 3. The highest BCUT2D eigenvalue weighted by Crippen LogP contribution is 2.18. The Kier molecular flexibility index (Phi) is 66.2. The van der Waals surface area contributed by atoms with Gasteiger partial charge in [-0.15, -0.1) is 0 Å². The monoisotopic (exact) mass is 1130 g/mol. The van der Waals surface area contributed by atoms with Gasteiger partial charge < -0.3 is 14.2 Å². The molecule has 0 rings (SSSR count). The Morgan fingerprint density at radius 3 is 0.753 bits per heavy atom. The molecule has 0 aromatic rings. The van der Waals surface area contributed by atoms with Crippen molar-refractivity contribution in [2.24, 2.45) is 0 Å². The average Bonchev–Trinajstić information content (AvgIpc) is 3.47. The van der Waals surface area contributed by atoms with Gasteiger partial charge in [0.25, 0.3) is 0 Å². The van der Waals surface area contributed by atoms with Gasteiger partial charge in [-0.1, -0.05) is 331 Å². The van der Waals surface area contributed by atoms with Gasteiger partial charge in [-0.05, 0) is 89.9 Å². The van der Waals surface area contributed by atoms with E-state index in [9.17, 15) is 14.4 Å². The third-order valence-electron chi connectivity index (χ3n) is 15.4. The molecule has 0 aliphatic carbocycles. The number of hydrogen-bond acceptors (Lipinski definition) is 6. The summed E-state index contributed by atoms with van der Waals surface area (Å²) in [7, 11) is 0. The molecule has 0 aromatic heterocycles. The predicted octanol–water partition coefficient (Wildman–Crippen LogP) is 24.2. The van der Waals surface area contributed by atoms with Crippen molar-refractivity contribution in [1.82, 2.24) is 0 Å². The quantitative estimate of drug-likeness (QED) is 0.0261. The Hall–Kier alpha value is -3.41. The molecule has 6 nitrogen and oxygen atoms in total. The van der Waals surface area contributed by atoms with E-state index in [1.165, 1.54) is 193 Å². The molecule has 1 atom stereocenters. The normalized spacial score (nSPS) is 12.6. The molecule has 81 heavy (non-hydrogen) atoms. The van der Waals surface area contributed by atoms with E-state index in [2.05, 4.69) is 106 Å². The first-order valence-electron chi connectivity index (χ1n) is 35.1. The number of ether oxygens (including phenoxy) is 3. The largest absolute Gasteiger partial charge is 0.462 e. The first kappa shape index (κ1) is 77.6. The Morgan fingerprint density at radius 2 is 0.481 bits per heavy atom. The first-order chi connectivity index (χ1) is 40.0. The van der Waals surface area contributed by atoms with Crippen LogP contribution in [0.3, 0.4) is 0 Å². The number of rotatable bonds is 64. The maximum Gasteiger partial charge on any atom is 0.306 e. The minimum Gasteiger partial charge on any atom is -0.462 e. The summed E-state index contributed by atoms with van der Waals surface area (Å²) in [6, 6.07) is 0. The molecule has 0 aliphatic rings. The van der Waals surface area contributed by atoms with Crippen LogP contribution in [0.5, 0.6) is 0 Å². The third kappa shape index (κ3) is 67.3. The van der Waals surface area contributed by atoms with Gasteiger partial charge >= 0.3 is 17.9 Å². The predicted molar refractivity (Wildman–Crippen MR) is 353 cm³/mol. The highest BCUT2D eigenvalue weighted by Gasteiger charge is 2.19. The van der Waals surface area contributed by atoms with Gasteiger partial charge in [0.2, 0.25) is 0 Å². The van der Waals surface area contributed by atoms with E-state index in [-0.39, 0.29) is 31.1 Å². The van der Waals surface area contributed by atoms with Crippen LogP contribution in [0.25, 0.3) is 0 Å². The number of carbonyl (C=O) groups excluding carboxylic acids is 3. The minimum atomic E-state index is -0.785. The Labute approximate surface area is 503 Å². The zero-order chi connectivity index (χ0) is 58.5. The van der Waals surface area contributed by atoms with E-state index in [0.29, 0.717) is 19.3 Å². The highest BCUT2D eigenvalue weighted by molar-refractivity contribution is 5.71. The second-order valence-electron chi connectivity index (χ2n) is 23.4. The fourth-order valence-electron chi connectivity index (χ4n) is 10.2. The van der Waals surface area contributed by atoms with Crippen molar-refractivity contribution in [3.63, 3.8) is 0 Å². The Bertz CT molecular complexity index is 1530. The van der Waals surface area contributed by atoms with E-state index in [0.717, 1.165) is 122 Å². The van der Waals surface area contributed by atoms with E-state index in [1.807, 2.05) is 0 Å². The van der Waals surface area contributed by atoms with Crippen molar-refractivity contribution in [1.29, 1.82) is 0 Å². The molecule has 0 radical (unpaired) electrons. The SMILES string of the molecule is CC/C=C\C/C=C\C/C=C\C/C=C\CCCCCCCCCCCCCCC(=O)OCC(COC(=O)CCCCCCC/C=C\C/C=C\C/C=C\CC)OC(=O)CCCCCCCCCCCCCCCCCCCCCCCCC. The molecule has 0 aromatic carbocycles. The van der Waals surface area contributed by atoms with Gasteiger partial charge in [-0.25, -0.2) is 0 Å². The summed E-state index contributed by atoms with van der Waals surface area (Å²) in [4.78, 5) is 38.5. The van der Waals surface area contributed by atoms with E-state index >= 15 is 0 Å². The summed E-state index contributed by atoms with van der Waals surface area (Å²) in [6.07, 6.45) is 91.8. The van der Waals surface area contributed by atoms with Crippen LogP contribution in [0.4, 0.5) is 0 Å². The minimum absolute atomic E-state index is 0.0798. The van der Waals surface area contributed by atoms with Crippen LogP contribution in [0.15, 0.2) is 85.1 Å². The Balaban J connectivity index is 4.30. The van der Waals surface area contributed by atoms with Crippen LogP contribution in [-0.2, 0) is 28.6 Å². The van der Waals surface area contributed by atoms with E-state index in [4.69, 9.17) is 14.2 Å². The zero-order valence-electron chi connectivity index (χ0n) is 53.8. The van der Waals surface area contributed by atoms with Crippen LogP contribution < -0.4 is 0 Å². The fraction of sp³-hybridized carbons (Fsp3) is 0.773. The average molecular weight is 1130 g/mol. The van der Waals surface area contributed by atoms with Crippen LogP contribution >= 0.6 is 0 Å². The number of unbranched alkanes of at least 4 members (excludes halogenated alkanes) is 39. The van der Waals surface area contributed by atoms with Crippen molar-refractivity contribution < 1.29 is 28.6 Å². The lowest BCUT2D eigenvalue weighted by Gasteiger charge is -2.18. The van der Waals surface area contributed by atoms with E-state index in [1.54, 1.807) is 0 Å². The molecule has 0 bridgehead atoms. The molecule has 0 saturated carbocycles. The first-order valence-corrected chi connectivity index (χ1v) is 35.1. The number of allylic oxidation sites excluding steroid dienone is 14. The topological polar surface area (TPSA) is 78.9 Å². The molecular formula is C75H132O6. The summed E-state index contributed by atoms with van der Waals surface area (Å²) in [5, 5.41) is 0. The molecule has 468 valence electrons. The Morgan fingerprint density at radius 1 is 0.259 bits per heavy atom. The van der Waals surface area contributed by atoms with Gasteiger partial charge in [0, 0.05) is 19.3 Å². The lowest BCUT2D eigenvalue weighted by molar-refractivity contribution is -0.167. The van der Waals surface area contributed by atoms with Crippen molar-refractivity contribution >= 4 is 17.9 Å². The van der Waals surface area contributed by atoms with Crippen molar-refractivity contribution in [3.05, 3.63) is 85.1 Å². The maximum absolute atomic E-state index is 13.0. The van der Waals surface area contributed by atoms with Gasteiger partial charge in [0.15, 0.2) is 6.10 Å². The second kappa shape index (κ2) is 69.1. The van der Waals surface area contributed by atoms with Gasteiger partial charge in [-0.2, -0.15) is 0 Å².